The number of anilines is 1. The Hall–Kier alpha value is -2.81. The number of benzene rings is 3. The Morgan fingerprint density at radius 2 is 1.33 bits per heavy atom. The molecule has 3 heteroatoms. The van der Waals surface area contributed by atoms with Gasteiger partial charge in [-0.15, -0.1) is 0 Å². The highest BCUT2D eigenvalue weighted by Gasteiger charge is 2.13. The Kier molecular flexibility index (Phi) is 2.48. The standard InChI is InChI=1S/C18H13FN2/c19-15-11-12(20)9-10-18(15)21-16-7-3-1-5-13(16)14-6-2-4-8-17(14)21/h1-11H,20H2. The summed E-state index contributed by atoms with van der Waals surface area (Å²) in [6, 6.07) is 20.9. The predicted octanol–water partition coefficient (Wildman–Crippen LogP) is 4.51. The van der Waals surface area contributed by atoms with Crippen LogP contribution in [0.5, 0.6) is 0 Å². The lowest BCUT2D eigenvalue weighted by molar-refractivity contribution is 0.621. The fourth-order valence-corrected chi connectivity index (χ4v) is 2.89. The summed E-state index contributed by atoms with van der Waals surface area (Å²) in [5, 5.41) is 2.23. The quantitative estimate of drug-likeness (QED) is 0.510. The zero-order chi connectivity index (χ0) is 14.4. The van der Waals surface area contributed by atoms with Gasteiger partial charge in [0.15, 0.2) is 0 Å². The van der Waals surface area contributed by atoms with Gasteiger partial charge in [-0.3, -0.25) is 0 Å². The SMILES string of the molecule is Nc1ccc(-n2c3ccccc3c3ccccc32)c(F)c1. The third kappa shape index (κ3) is 1.71. The Morgan fingerprint density at radius 3 is 1.90 bits per heavy atom. The second-order valence-electron chi connectivity index (χ2n) is 5.08. The molecule has 2 nitrogen and oxygen atoms in total. The summed E-state index contributed by atoms with van der Waals surface area (Å²) >= 11 is 0. The minimum atomic E-state index is -0.318. The van der Waals surface area contributed by atoms with Crippen LogP contribution in [-0.2, 0) is 0 Å². The molecule has 2 N–H and O–H groups in total. The van der Waals surface area contributed by atoms with E-state index < -0.39 is 0 Å². The molecule has 0 saturated carbocycles. The molecule has 0 aliphatic heterocycles. The van der Waals surface area contributed by atoms with Crippen LogP contribution in [0.2, 0.25) is 0 Å². The smallest absolute Gasteiger partial charge is 0.149 e. The van der Waals surface area contributed by atoms with Crippen molar-refractivity contribution in [2.24, 2.45) is 0 Å². The van der Waals surface area contributed by atoms with E-state index >= 15 is 0 Å². The van der Waals surface area contributed by atoms with E-state index in [9.17, 15) is 4.39 Å². The maximum Gasteiger partial charge on any atom is 0.149 e. The Balaban J connectivity index is 2.20. The van der Waals surface area contributed by atoms with Crippen molar-refractivity contribution in [2.45, 2.75) is 0 Å². The Bertz CT molecular complexity index is 916. The van der Waals surface area contributed by atoms with Crippen molar-refractivity contribution >= 4 is 27.5 Å². The summed E-state index contributed by atoms with van der Waals surface area (Å²) < 4.78 is 16.3. The number of nitrogens with two attached hydrogens (primary N) is 1. The van der Waals surface area contributed by atoms with E-state index in [1.807, 2.05) is 41.0 Å². The number of halogens is 1. The molecule has 0 aliphatic rings. The summed E-state index contributed by atoms with van der Waals surface area (Å²) in [7, 11) is 0. The highest BCUT2D eigenvalue weighted by atomic mass is 19.1. The van der Waals surface area contributed by atoms with Gasteiger partial charge in [0, 0.05) is 16.5 Å². The van der Waals surface area contributed by atoms with Crippen molar-refractivity contribution in [1.29, 1.82) is 0 Å². The topological polar surface area (TPSA) is 30.9 Å². The first-order valence-electron chi connectivity index (χ1n) is 6.79. The molecule has 0 bridgehead atoms. The van der Waals surface area contributed by atoms with Crippen molar-refractivity contribution in [2.75, 3.05) is 5.73 Å². The summed E-state index contributed by atoms with van der Waals surface area (Å²) in [4.78, 5) is 0. The molecule has 1 heterocycles. The number of fused-ring (bicyclic) bond motifs is 3. The fourth-order valence-electron chi connectivity index (χ4n) is 2.89. The number of hydrogen-bond donors (Lipinski definition) is 1. The average molecular weight is 276 g/mol. The lowest BCUT2D eigenvalue weighted by Gasteiger charge is -2.09. The van der Waals surface area contributed by atoms with Gasteiger partial charge in [0.25, 0.3) is 0 Å². The van der Waals surface area contributed by atoms with Crippen LogP contribution in [0.25, 0.3) is 27.5 Å². The van der Waals surface area contributed by atoms with Gasteiger partial charge >= 0.3 is 0 Å². The number of nitrogens with zero attached hydrogens (tertiary/aromatic N) is 1. The lowest BCUT2D eigenvalue weighted by Crippen LogP contribution is -1.98. The van der Waals surface area contributed by atoms with Gasteiger partial charge in [0.2, 0.25) is 0 Å². The average Bonchev–Trinajstić information content (AvgIpc) is 2.82. The highest BCUT2D eigenvalue weighted by Crippen LogP contribution is 2.32. The van der Waals surface area contributed by atoms with Crippen LogP contribution in [0.4, 0.5) is 10.1 Å². The number of hydrogen-bond acceptors (Lipinski definition) is 1. The van der Waals surface area contributed by atoms with E-state index in [-0.39, 0.29) is 5.82 Å². The van der Waals surface area contributed by atoms with E-state index in [0.717, 1.165) is 21.8 Å². The summed E-state index contributed by atoms with van der Waals surface area (Å²) in [6.45, 7) is 0. The van der Waals surface area contributed by atoms with Gasteiger partial charge in [0.1, 0.15) is 5.82 Å². The van der Waals surface area contributed by atoms with Crippen LogP contribution in [-0.4, -0.2) is 4.57 Å². The summed E-state index contributed by atoms with van der Waals surface area (Å²) in [5.41, 5.74) is 8.58. The monoisotopic (exact) mass is 276 g/mol. The van der Waals surface area contributed by atoms with Crippen LogP contribution >= 0.6 is 0 Å². The maximum absolute atomic E-state index is 14.4. The van der Waals surface area contributed by atoms with Gasteiger partial charge in [0.05, 0.1) is 16.7 Å². The van der Waals surface area contributed by atoms with Crippen molar-refractivity contribution in [3.8, 4) is 5.69 Å². The second-order valence-corrected chi connectivity index (χ2v) is 5.08. The van der Waals surface area contributed by atoms with Gasteiger partial charge in [-0.25, -0.2) is 4.39 Å². The van der Waals surface area contributed by atoms with Gasteiger partial charge in [-0.2, -0.15) is 0 Å². The van der Waals surface area contributed by atoms with Crippen LogP contribution in [0.1, 0.15) is 0 Å². The number of rotatable bonds is 1. The van der Waals surface area contributed by atoms with E-state index in [0.29, 0.717) is 11.4 Å². The van der Waals surface area contributed by atoms with Crippen molar-refractivity contribution in [1.82, 2.24) is 4.57 Å². The molecule has 0 amide bonds. The molecule has 0 unspecified atom stereocenters. The molecule has 0 fully saturated rings. The highest BCUT2D eigenvalue weighted by molar-refractivity contribution is 6.09. The van der Waals surface area contributed by atoms with Gasteiger partial charge in [-0.05, 0) is 30.3 Å². The lowest BCUT2D eigenvalue weighted by atomic mass is 10.2. The van der Waals surface area contributed by atoms with Crippen molar-refractivity contribution < 1.29 is 4.39 Å². The van der Waals surface area contributed by atoms with Crippen LogP contribution in [0.3, 0.4) is 0 Å². The molecule has 3 aromatic carbocycles. The number of para-hydroxylation sites is 2. The molecule has 0 atom stereocenters. The van der Waals surface area contributed by atoms with Crippen LogP contribution in [0, 0.1) is 5.82 Å². The number of nitrogen functional groups attached to an aromatic ring is 1. The van der Waals surface area contributed by atoms with Crippen LogP contribution in [0.15, 0.2) is 66.7 Å². The molecule has 0 radical (unpaired) electrons. The first kappa shape index (κ1) is 12.0. The van der Waals surface area contributed by atoms with Crippen molar-refractivity contribution in [3.63, 3.8) is 0 Å². The Morgan fingerprint density at radius 1 is 0.762 bits per heavy atom. The predicted molar refractivity (Wildman–Crippen MR) is 85.2 cm³/mol. The van der Waals surface area contributed by atoms with Crippen molar-refractivity contribution in [3.05, 3.63) is 72.5 Å². The molecule has 0 saturated heterocycles. The van der Waals surface area contributed by atoms with E-state index in [2.05, 4.69) is 12.1 Å². The summed E-state index contributed by atoms with van der Waals surface area (Å²) in [5.74, 6) is -0.318. The molecule has 0 spiro atoms. The van der Waals surface area contributed by atoms with E-state index in [1.165, 1.54) is 6.07 Å². The molecule has 4 aromatic rings. The largest absolute Gasteiger partial charge is 0.399 e. The van der Waals surface area contributed by atoms with Gasteiger partial charge in [-0.1, -0.05) is 36.4 Å². The third-order valence-electron chi connectivity index (χ3n) is 3.79. The fraction of sp³-hybridized carbons (Fsp3) is 0. The van der Waals surface area contributed by atoms with E-state index in [4.69, 9.17) is 5.73 Å². The summed E-state index contributed by atoms with van der Waals surface area (Å²) in [6.07, 6.45) is 0. The number of aromatic nitrogens is 1. The molecule has 1 aromatic heterocycles. The Labute approximate surface area is 121 Å². The third-order valence-corrected chi connectivity index (χ3v) is 3.79. The second kappa shape index (κ2) is 4.35. The van der Waals surface area contributed by atoms with Crippen LogP contribution < -0.4 is 5.73 Å². The minimum Gasteiger partial charge on any atom is -0.399 e. The molecular weight excluding hydrogens is 263 g/mol. The molecule has 0 aliphatic carbocycles. The molecule has 4 rings (SSSR count). The first-order valence-corrected chi connectivity index (χ1v) is 6.79. The molecule has 21 heavy (non-hydrogen) atoms. The molecular formula is C18H13FN2. The zero-order valence-corrected chi connectivity index (χ0v) is 11.3. The molecule has 102 valence electrons. The minimum absolute atomic E-state index is 0.318. The van der Waals surface area contributed by atoms with E-state index in [1.54, 1.807) is 12.1 Å². The maximum atomic E-state index is 14.4. The normalized spacial score (nSPS) is 11.3. The zero-order valence-electron chi connectivity index (χ0n) is 11.3. The first-order chi connectivity index (χ1) is 10.3. The van der Waals surface area contributed by atoms with Gasteiger partial charge < -0.3 is 10.3 Å².